The second kappa shape index (κ2) is 11.5. The fourth-order valence-corrected chi connectivity index (χ4v) is 4.54. The average Bonchev–Trinajstić information content (AvgIpc) is 3.13. The van der Waals surface area contributed by atoms with Crippen molar-refractivity contribution in [3.05, 3.63) is 92.8 Å². The Morgan fingerprint density at radius 2 is 1.73 bits per heavy atom. The van der Waals surface area contributed by atoms with E-state index in [1.807, 2.05) is 0 Å². The average molecular weight is 557 g/mol. The molecule has 8 nitrogen and oxygen atoms in total. The molecule has 0 unspecified atom stereocenters. The highest BCUT2D eigenvalue weighted by Gasteiger charge is 2.36. The molecular formula is C26H18Cl2N2O6S. The van der Waals surface area contributed by atoms with Crippen molar-refractivity contribution in [2.75, 3.05) is 19.0 Å². The summed E-state index contributed by atoms with van der Waals surface area (Å²) in [6.07, 6.45) is 1.44. The van der Waals surface area contributed by atoms with Gasteiger partial charge in [-0.1, -0.05) is 41.4 Å². The van der Waals surface area contributed by atoms with Crippen LogP contribution >= 0.6 is 35.0 Å². The van der Waals surface area contributed by atoms with Gasteiger partial charge in [0.05, 0.1) is 22.6 Å². The molecule has 4 rings (SSSR count). The molecule has 3 amide bonds. The molecule has 1 fully saturated rings. The van der Waals surface area contributed by atoms with E-state index in [9.17, 15) is 19.2 Å². The Hall–Kier alpha value is -3.79. The molecule has 0 radical (unpaired) electrons. The number of methoxy groups -OCH3 is 1. The molecule has 1 N–H and O–H groups in total. The minimum absolute atomic E-state index is 0.00745. The Balaban J connectivity index is 1.50. The molecule has 0 atom stereocenters. The Kier molecular flexibility index (Phi) is 8.17. The number of benzene rings is 3. The number of hydrogen-bond acceptors (Lipinski definition) is 7. The van der Waals surface area contributed by atoms with Gasteiger partial charge in [-0.05, 0) is 71.9 Å². The van der Waals surface area contributed by atoms with Gasteiger partial charge in [-0.25, -0.2) is 4.79 Å². The molecule has 1 aliphatic heterocycles. The van der Waals surface area contributed by atoms with Gasteiger partial charge in [0.2, 0.25) is 5.91 Å². The lowest BCUT2D eigenvalue weighted by molar-refractivity contribution is -0.127. The third kappa shape index (κ3) is 6.32. The maximum Gasteiger partial charge on any atom is 0.343 e. The van der Waals surface area contributed by atoms with Crippen LogP contribution in [0.1, 0.15) is 15.9 Å². The lowest BCUT2D eigenvalue weighted by atomic mass is 10.1. The molecule has 11 heteroatoms. The summed E-state index contributed by atoms with van der Waals surface area (Å²) in [5.74, 6) is -1.66. The summed E-state index contributed by atoms with van der Waals surface area (Å²) in [4.78, 5) is 51.1. The number of imide groups is 1. The Morgan fingerprint density at radius 1 is 1.03 bits per heavy atom. The summed E-state index contributed by atoms with van der Waals surface area (Å²) in [5, 5.41) is 2.58. The standard InChI is InChI=1S/C26H18Cl2N2O6S/c1-35-20-12-15(11-19(28)23(20)36-25(33)16-7-9-17(27)10-8-16)13-21-24(32)30(26(34)37-21)14-22(31)29-18-5-3-2-4-6-18/h2-13H,14H2,1H3,(H,29,31)/b21-13-. The van der Waals surface area contributed by atoms with E-state index in [0.717, 1.165) is 4.90 Å². The smallest absolute Gasteiger partial charge is 0.343 e. The number of carbonyl (C=O) groups excluding carboxylic acids is 4. The molecule has 1 saturated heterocycles. The van der Waals surface area contributed by atoms with Crippen molar-refractivity contribution in [2.24, 2.45) is 0 Å². The van der Waals surface area contributed by atoms with Crippen molar-refractivity contribution < 1.29 is 28.7 Å². The fraction of sp³-hybridized carbons (Fsp3) is 0.0769. The van der Waals surface area contributed by atoms with Gasteiger partial charge in [-0.15, -0.1) is 0 Å². The van der Waals surface area contributed by atoms with Crippen LogP contribution in [0.2, 0.25) is 10.0 Å². The second-order valence-electron chi connectivity index (χ2n) is 7.61. The summed E-state index contributed by atoms with van der Waals surface area (Å²) in [7, 11) is 1.37. The van der Waals surface area contributed by atoms with Crippen molar-refractivity contribution in [1.82, 2.24) is 4.90 Å². The molecule has 0 aliphatic carbocycles. The summed E-state index contributed by atoms with van der Waals surface area (Å²) in [6.45, 7) is -0.430. The molecule has 3 aromatic carbocycles. The van der Waals surface area contributed by atoms with Crippen LogP contribution in [-0.4, -0.2) is 41.6 Å². The van der Waals surface area contributed by atoms with Crippen LogP contribution in [0, 0.1) is 0 Å². The number of ether oxygens (including phenoxy) is 2. The number of anilines is 1. The van der Waals surface area contributed by atoms with Crippen LogP contribution in [0.3, 0.4) is 0 Å². The zero-order valence-electron chi connectivity index (χ0n) is 19.2. The minimum Gasteiger partial charge on any atom is -0.493 e. The first kappa shape index (κ1) is 26.3. The monoisotopic (exact) mass is 556 g/mol. The third-order valence-electron chi connectivity index (χ3n) is 5.06. The topological polar surface area (TPSA) is 102 Å². The van der Waals surface area contributed by atoms with Gasteiger partial charge in [0.25, 0.3) is 11.1 Å². The van der Waals surface area contributed by atoms with Crippen LogP contribution in [0.15, 0.2) is 71.6 Å². The second-order valence-corrected chi connectivity index (χ2v) is 9.45. The van der Waals surface area contributed by atoms with Crippen LogP contribution in [-0.2, 0) is 9.59 Å². The first-order valence-corrected chi connectivity index (χ1v) is 12.3. The highest BCUT2D eigenvalue weighted by molar-refractivity contribution is 8.18. The largest absolute Gasteiger partial charge is 0.493 e. The molecule has 0 aromatic heterocycles. The third-order valence-corrected chi connectivity index (χ3v) is 6.50. The number of nitrogens with zero attached hydrogens (tertiary/aromatic N) is 1. The lowest BCUT2D eigenvalue weighted by Crippen LogP contribution is -2.36. The maximum atomic E-state index is 12.8. The predicted molar refractivity (Wildman–Crippen MR) is 142 cm³/mol. The number of thioether (sulfide) groups is 1. The summed E-state index contributed by atoms with van der Waals surface area (Å²) in [5.41, 5.74) is 1.23. The van der Waals surface area contributed by atoms with Crippen LogP contribution < -0.4 is 14.8 Å². The van der Waals surface area contributed by atoms with Crippen molar-refractivity contribution in [3.8, 4) is 11.5 Å². The van der Waals surface area contributed by atoms with Gasteiger partial charge in [0, 0.05) is 10.7 Å². The number of rotatable bonds is 7. The highest BCUT2D eigenvalue weighted by atomic mass is 35.5. The van der Waals surface area contributed by atoms with E-state index in [1.54, 1.807) is 42.5 Å². The molecule has 37 heavy (non-hydrogen) atoms. The van der Waals surface area contributed by atoms with E-state index in [4.69, 9.17) is 32.7 Å². The summed E-state index contributed by atoms with van der Waals surface area (Å²) in [6, 6.07) is 17.8. The molecule has 0 bridgehead atoms. The molecular weight excluding hydrogens is 539 g/mol. The van der Waals surface area contributed by atoms with Gasteiger partial charge in [-0.3, -0.25) is 19.3 Å². The number of nitrogens with one attached hydrogen (secondary N) is 1. The van der Waals surface area contributed by atoms with Crippen LogP contribution in [0.4, 0.5) is 10.5 Å². The van der Waals surface area contributed by atoms with E-state index < -0.39 is 29.6 Å². The maximum absolute atomic E-state index is 12.8. The number of amides is 3. The van der Waals surface area contributed by atoms with Crippen molar-refractivity contribution in [1.29, 1.82) is 0 Å². The van der Waals surface area contributed by atoms with Crippen LogP contribution in [0.25, 0.3) is 6.08 Å². The molecule has 1 heterocycles. The number of halogens is 2. The number of esters is 1. The number of hydrogen-bond donors (Lipinski definition) is 1. The fourth-order valence-electron chi connectivity index (χ4n) is 3.31. The summed E-state index contributed by atoms with van der Waals surface area (Å²) < 4.78 is 10.8. The van der Waals surface area contributed by atoms with Gasteiger partial charge in [-0.2, -0.15) is 0 Å². The predicted octanol–water partition coefficient (Wildman–Crippen LogP) is 5.90. The zero-order chi connectivity index (χ0) is 26.5. The van der Waals surface area contributed by atoms with Gasteiger partial charge < -0.3 is 14.8 Å². The Labute approximate surface area is 226 Å². The van der Waals surface area contributed by atoms with Crippen molar-refractivity contribution >= 4 is 69.8 Å². The first-order chi connectivity index (χ1) is 17.7. The summed E-state index contributed by atoms with van der Waals surface area (Å²) >= 11 is 12.9. The molecule has 188 valence electrons. The SMILES string of the molecule is COc1cc(/C=C2\SC(=O)N(CC(=O)Nc3ccccc3)C2=O)cc(Cl)c1OC(=O)c1ccc(Cl)cc1. The molecule has 1 aliphatic rings. The Morgan fingerprint density at radius 3 is 2.41 bits per heavy atom. The highest BCUT2D eigenvalue weighted by Crippen LogP contribution is 2.39. The van der Waals surface area contributed by atoms with E-state index in [2.05, 4.69) is 5.32 Å². The van der Waals surface area contributed by atoms with Crippen LogP contribution in [0.5, 0.6) is 11.5 Å². The first-order valence-electron chi connectivity index (χ1n) is 10.7. The van der Waals surface area contributed by atoms with Gasteiger partial charge in [0.15, 0.2) is 11.5 Å². The normalized spacial score (nSPS) is 14.1. The zero-order valence-corrected chi connectivity index (χ0v) is 21.5. The molecule has 0 spiro atoms. The molecule has 0 saturated carbocycles. The minimum atomic E-state index is -0.667. The number of carbonyl (C=O) groups is 4. The van der Waals surface area contributed by atoms with E-state index in [-0.39, 0.29) is 27.0 Å². The van der Waals surface area contributed by atoms with E-state index in [1.165, 1.54) is 37.5 Å². The Bertz CT molecular complexity index is 1410. The van der Waals surface area contributed by atoms with Gasteiger partial charge >= 0.3 is 5.97 Å². The quantitative estimate of drug-likeness (QED) is 0.219. The lowest BCUT2D eigenvalue weighted by Gasteiger charge is -2.13. The van der Waals surface area contributed by atoms with Crippen molar-refractivity contribution in [2.45, 2.75) is 0 Å². The van der Waals surface area contributed by atoms with E-state index >= 15 is 0 Å². The van der Waals surface area contributed by atoms with Gasteiger partial charge in [0.1, 0.15) is 6.54 Å². The van der Waals surface area contributed by atoms with E-state index in [0.29, 0.717) is 28.0 Å². The van der Waals surface area contributed by atoms with Crippen molar-refractivity contribution in [3.63, 3.8) is 0 Å². The number of para-hydroxylation sites is 1. The molecule has 3 aromatic rings.